The summed E-state index contributed by atoms with van der Waals surface area (Å²) in [5, 5.41) is 21.5. The summed E-state index contributed by atoms with van der Waals surface area (Å²) in [6, 6.07) is 16.2. The molecule has 0 heterocycles. The zero-order valence-electron chi connectivity index (χ0n) is 13.7. The van der Waals surface area contributed by atoms with E-state index in [-0.39, 0.29) is 5.91 Å². The van der Waals surface area contributed by atoms with E-state index in [9.17, 15) is 15.3 Å². The molecule has 2 rings (SSSR count). The molecule has 5 nitrogen and oxygen atoms in total. The second kappa shape index (κ2) is 7.80. The summed E-state index contributed by atoms with van der Waals surface area (Å²) in [7, 11) is 0. The summed E-state index contributed by atoms with van der Waals surface area (Å²) in [6.45, 7) is 5.21. The highest BCUT2D eigenvalue weighted by atomic mass is 16.2. The predicted molar refractivity (Wildman–Crippen MR) is 92.8 cm³/mol. The molecule has 0 aliphatic rings. The Labute approximate surface area is 141 Å². The molecule has 0 bridgehead atoms. The summed E-state index contributed by atoms with van der Waals surface area (Å²) in [6.07, 6.45) is 0. The minimum Gasteiger partial charge on any atom is -0.353 e. The Balaban J connectivity index is 2.27. The van der Waals surface area contributed by atoms with Gasteiger partial charge in [0, 0.05) is 24.3 Å². The van der Waals surface area contributed by atoms with E-state index in [1.54, 1.807) is 47.4 Å². The van der Waals surface area contributed by atoms with Crippen molar-refractivity contribution in [3.63, 3.8) is 0 Å². The number of anilines is 2. The number of carbonyl (C=O) groups is 1. The number of benzene rings is 2. The van der Waals surface area contributed by atoms with Gasteiger partial charge in [0.15, 0.2) is 0 Å². The lowest BCUT2D eigenvalue weighted by molar-refractivity contribution is 0.0773. The van der Waals surface area contributed by atoms with Gasteiger partial charge in [-0.15, -0.1) is 0 Å². The maximum absolute atomic E-state index is 12.3. The Morgan fingerprint density at radius 2 is 1.54 bits per heavy atom. The van der Waals surface area contributed by atoms with Crippen molar-refractivity contribution < 1.29 is 4.79 Å². The molecule has 0 fully saturated rings. The molecule has 0 radical (unpaired) electrons. The third-order valence-corrected chi connectivity index (χ3v) is 3.76. The van der Waals surface area contributed by atoms with E-state index < -0.39 is 0 Å². The van der Waals surface area contributed by atoms with E-state index in [1.807, 2.05) is 13.8 Å². The van der Waals surface area contributed by atoms with Crippen LogP contribution in [0.25, 0.3) is 0 Å². The van der Waals surface area contributed by atoms with Gasteiger partial charge in [-0.25, -0.2) is 0 Å². The van der Waals surface area contributed by atoms with Crippen molar-refractivity contribution in [1.82, 2.24) is 4.90 Å². The first kappa shape index (κ1) is 17.1. The highest BCUT2D eigenvalue weighted by molar-refractivity contribution is 5.94. The van der Waals surface area contributed by atoms with E-state index in [2.05, 4.69) is 17.5 Å². The first-order valence-corrected chi connectivity index (χ1v) is 7.74. The molecular weight excluding hydrogens is 300 g/mol. The zero-order chi connectivity index (χ0) is 17.5. The average molecular weight is 318 g/mol. The summed E-state index contributed by atoms with van der Waals surface area (Å²) in [4.78, 5) is 14.0. The Bertz CT molecular complexity index is 776. The predicted octanol–water partition coefficient (Wildman–Crippen LogP) is 3.66. The van der Waals surface area contributed by atoms with Crippen molar-refractivity contribution in [2.24, 2.45) is 0 Å². The monoisotopic (exact) mass is 318 g/mol. The van der Waals surface area contributed by atoms with Gasteiger partial charge in [0.05, 0.1) is 16.8 Å². The van der Waals surface area contributed by atoms with Gasteiger partial charge in [0.1, 0.15) is 12.1 Å². The van der Waals surface area contributed by atoms with Crippen LogP contribution in [-0.4, -0.2) is 23.9 Å². The molecule has 0 aromatic heterocycles. The lowest BCUT2D eigenvalue weighted by atomic mass is 10.1. The molecule has 0 unspecified atom stereocenters. The van der Waals surface area contributed by atoms with E-state index in [4.69, 9.17) is 0 Å². The van der Waals surface area contributed by atoms with Gasteiger partial charge in [-0.05, 0) is 50.2 Å². The normalized spacial score (nSPS) is 9.67. The lowest BCUT2D eigenvalue weighted by Gasteiger charge is -2.18. The molecule has 120 valence electrons. The third-order valence-electron chi connectivity index (χ3n) is 3.76. The van der Waals surface area contributed by atoms with E-state index >= 15 is 0 Å². The van der Waals surface area contributed by atoms with Crippen LogP contribution in [-0.2, 0) is 0 Å². The topological polar surface area (TPSA) is 79.9 Å². The molecule has 0 spiro atoms. The smallest absolute Gasteiger partial charge is 0.253 e. The van der Waals surface area contributed by atoms with Crippen LogP contribution in [0.1, 0.15) is 35.3 Å². The molecular formula is C19H18N4O. The molecule has 1 amide bonds. The number of carbonyl (C=O) groups excluding carboxylic acids is 1. The standard InChI is InChI=1S/C19H18N4O/c1-3-23(4-2)19(24)14-8-10-17(11-9-14)22-18-15(12-20)6-5-7-16(18)13-21/h5-11,22H,3-4H2,1-2H3. The van der Waals surface area contributed by atoms with Crippen LogP contribution in [0.4, 0.5) is 11.4 Å². The van der Waals surface area contributed by atoms with Crippen molar-refractivity contribution in [3.8, 4) is 12.1 Å². The molecule has 0 atom stereocenters. The number of nitrogens with one attached hydrogen (secondary N) is 1. The average Bonchev–Trinajstić information content (AvgIpc) is 2.63. The molecule has 5 heteroatoms. The quantitative estimate of drug-likeness (QED) is 0.912. The molecule has 0 saturated heterocycles. The number of para-hydroxylation sites is 1. The van der Waals surface area contributed by atoms with Gasteiger partial charge >= 0.3 is 0 Å². The minimum atomic E-state index is -0.0123. The Morgan fingerprint density at radius 1 is 1.00 bits per heavy atom. The Hall–Kier alpha value is -3.31. The van der Waals surface area contributed by atoms with Gasteiger partial charge < -0.3 is 10.2 Å². The summed E-state index contributed by atoms with van der Waals surface area (Å²) < 4.78 is 0. The summed E-state index contributed by atoms with van der Waals surface area (Å²) in [5.41, 5.74) is 2.60. The number of amides is 1. The zero-order valence-corrected chi connectivity index (χ0v) is 13.7. The van der Waals surface area contributed by atoms with Crippen molar-refractivity contribution in [2.75, 3.05) is 18.4 Å². The molecule has 0 saturated carbocycles. The number of hydrogen-bond acceptors (Lipinski definition) is 4. The molecule has 0 aliphatic carbocycles. The number of rotatable bonds is 5. The maximum atomic E-state index is 12.3. The molecule has 2 aromatic rings. The first-order valence-electron chi connectivity index (χ1n) is 7.74. The van der Waals surface area contributed by atoms with E-state index in [0.717, 1.165) is 0 Å². The number of nitrogens with zero attached hydrogens (tertiary/aromatic N) is 3. The van der Waals surface area contributed by atoms with Crippen molar-refractivity contribution in [2.45, 2.75) is 13.8 Å². The fourth-order valence-electron chi connectivity index (χ4n) is 2.41. The number of nitriles is 2. The van der Waals surface area contributed by atoms with Crippen LogP contribution in [0.2, 0.25) is 0 Å². The van der Waals surface area contributed by atoms with Crippen LogP contribution < -0.4 is 5.32 Å². The van der Waals surface area contributed by atoms with Gasteiger partial charge in [-0.3, -0.25) is 4.79 Å². The summed E-state index contributed by atoms with van der Waals surface area (Å²) in [5.74, 6) is -0.0123. The van der Waals surface area contributed by atoms with Crippen LogP contribution in [0.15, 0.2) is 42.5 Å². The minimum absolute atomic E-state index is 0.0123. The second-order valence-corrected chi connectivity index (χ2v) is 5.13. The molecule has 24 heavy (non-hydrogen) atoms. The summed E-state index contributed by atoms with van der Waals surface area (Å²) >= 11 is 0. The van der Waals surface area contributed by atoms with Crippen LogP contribution >= 0.6 is 0 Å². The van der Waals surface area contributed by atoms with Crippen LogP contribution in [0, 0.1) is 22.7 Å². The maximum Gasteiger partial charge on any atom is 0.253 e. The van der Waals surface area contributed by atoms with Gasteiger partial charge in [0.2, 0.25) is 0 Å². The molecule has 1 N–H and O–H groups in total. The first-order chi connectivity index (χ1) is 11.6. The number of hydrogen-bond donors (Lipinski definition) is 1. The fourth-order valence-corrected chi connectivity index (χ4v) is 2.41. The molecule has 0 aliphatic heterocycles. The van der Waals surface area contributed by atoms with Crippen LogP contribution in [0.5, 0.6) is 0 Å². The highest BCUT2D eigenvalue weighted by Crippen LogP contribution is 2.25. The lowest BCUT2D eigenvalue weighted by Crippen LogP contribution is -2.30. The second-order valence-electron chi connectivity index (χ2n) is 5.13. The van der Waals surface area contributed by atoms with Crippen molar-refractivity contribution in [1.29, 1.82) is 10.5 Å². The van der Waals surface area contributed by atoms with Crippen molar-refractivity contribution in [3.05, 3.63) is 59.2 Å². The van der Waals surface area contributed by atoms with Gasteiger partial charge in [0.25, 0.3) is 5.91 Å². The van der Waals surface area contributed by atoms with Crippen LogP contribution in [0.3, 0.4) is 0 Å². The van der Waals surface area contributed by atoms with E-state index in [1.165, 1.54) is 0 Å². The fraction of sp³-hybridized carbons (Fsp3) is 0.211. The van der Waals surface area contributed by atoms with E-state index in [0.29, 0.717) is 41.2 Å². The van der Waals surface area contributed by atoms with Gasteiger partial charge in [-0.2, -0.15) is 10.5 Å². The largest absolute Gasteiger partial charge is 0.353 e. The third kappa shape index (κ3) is 3.53. The SMILES string of the molecule is CCN(CC)C(=O)c1ccc(Nc2c(C#N)cccc2C#N)cc1. The van der Waals surface area contributed by atoms with Crippen molar-refractivity contribution >= 4 is 17.3 Å². The van der Waals surface area contributed by atoms with Gasteiger partial charge in [-0.1, -0.05) is 6.07 Å². The Kier molecular flexibility index (Phi) is 5.54. The highest BCUT2D eigenvalue weighted by Gasteiger charge is 2.13. The molecule has 2 aromatic carbocycles. The Morgan fingerprint density at radius 3 is 2.00 bits per heavy atom.